The number of hydrogen-bond donors (Lipinski definition) is 3. The van der Waals surface area contributed by atoms with E-state index < -0.39 is 5.41 Å². The third-order valence-corrected chi connectivity index (χ3v) is 6.14. The molecule has 0 spiro atoms. The van der Waals surface area contributed by atoms with E-state index in [2.05, 4.69) is 25.7 Å². The van der Waals surface area contributed by atoms with Crippen molar-refractivity contribution >= 4 is 35.5 Å². The van der Waals surface area contributed by atoms with Gasteiger partial charge in [-0.15, -0.1) is 5.10 Å². The van der Waals surface area contributed by atoms with Gasteiger partial charge in [0.15, 0.2) is 0 Å². The van der Waals surface area contributed by atoms with Crippen molar-refractivity contribution in [3.63, 3.8) is 0 Å². The summed E-state index contributed by atoms with van der Waals surface area (Å²) < 4.78 is 0. The molecule has 1 aliphatic rings. The van der Waals surface area contributed by atoms with Crippen molar-refractivity contribution in [2.45, 2.75) is 5.92 Å². The van der Waals surface area contributed by atoms with Gasteiger partial charge in [-0.1, -0.05) is 36.4 Å². The Balaban J connectivity index is 1.45. The third kappa shape index (κ3) is 5.29. The standard InChI is InChI=1S/C26H28N6O2/c1-32-15-21(26(17-32,18-33)16-28-24-7-4-14-29-31-24)20-11-8-19(9-12-20)10-13-25(34)30-23-6-3-2-5-22(23)27/h2-14,18,21H,15-17,27H2,1H3,(H,28,31)(H,30,34). The number of carbonyl (C=O) groups is 2. The molecule has 0 radical (unpaired) electrons. The zero-order valence-corrected chi connectivity index (χ0v) is 19.0. The zero-order chi connectivity index (χ0) is 24.0. The Labute approximate surface area is 198 Å². The second-order valence-corrected chi connectivity index (χ2v) is 8.64. The summed E-state index contributed by atoms with van der Waals surface area (Å²) in [7, 11) is 2.02. The summed E-state index contributed by atoms with van der Waals surface area (Å²) in [6.45, 7) is 1.89. The van der Waals surface area contributed by atoms with Crippen LogP contribution in [0.25, 0.3) is 6.08 Å². The smallest absolute Gasteiger partial charge is 0.248 e. The van der Waals surface area contributed by atoms with Gasteiger partial charge < -0.3 is 26.1 Å². The normalized spacial score (nSPS) is 20.3. The molecule has 1 saturated heterocycles. The zero-order valence-electron chi connectivity index (χ0n) is 19.0. The fraction of sp³-hybridized carbons (Fsp3) is 0.231. The lowest BCUT2D eigenvalue weighted by Gasteiger charge is -2.30. The van der Waals surface area contributed by atoms with Gasteiger partial charge in [0.1, 0.15) is 12.1 Å². The van der Waals surface area contributed by atoms with E-state index in [1.165, 1.54) is 6.08 Å². The number of amides is 1. The molecule has 4 rings (SSSR count). The predicted octanol–water partition coefficient (Wildman–Crippen LogP) is 3.04. The quantitative estimate of drug-likeness (QED) is 0.271. The Bertz CT molecular complexity index is 1170. The van der Waals surface area contributed by atoms with Crippen LogP contribution < -0.4 is 16.4 Å². The highest BCUT2D eigenvalue weighted by Crippen LogP contribution is 2.41. The van der Waals surface area contributed by atoms with Crippen molar-refractivity contribution in [3.8, 4) is 0 Å². The Morgan fingerprint density at radius 1 is 1.18 bits per heavy atom. The number of nitrogens with two attached hydrogens (primary N) is 1. The van der Waals surface area contributed by atoms with Crippen LogP contribution in [0.5, 0.6) is 0 Å². The van der Waals surface area contributed by atoms with E-state index in [1.807, 2.05) is 55.6 Å². The van der Waals surface area contributed by atoms with Gasteiger partial charge in [0, 0.05) is 37.8 Å². The fourth-order valence-corrected chi connectivity index (χ4v) is 4.40. The highest BCUT2D eigenvalue weighted by atomic mass is 16.1. The Kier molecular flexibility index (Phi) is 6.98. The number of carbonyl (C=O) groups excluding carboxylic acids is 2. The number of aromatic nitrogens is 2. The van der Waals surface area contributed by atoms with Gasteiger partial charge >= 0.3 is 0 Å². The van der Waals surface area contributed by atoms with Crippen LogP contribution in [-0.4, -0.2) is 54.0 Å². The van der Waals surface area contributed by atoms with Crippen molar-refractivity contribution in [1.29, 1.82) is 0 Å². The van der Waals surface area contributed by atoms with Crippen molar-refractivity contribution < 1.29 is 9.59 Å². The van der Waals surface area contributed by atoms with Gasteiger partial charge in [-0.05, 0) is 48.5 Å². The average molecular weight is 457 g/mol. The third-order valence-electron chi connectivity index (χ3n) is 6.14. The highest BCUT2D eigenvalue weighted by Gasteiger charge is 2.46. The number of likely N-dealkylation sites (N-methyl/N-ethyl adjacent to an activating group) is 1. The van der Waals surface area contributed by atoms with E-state index in [-0.39, 0.29) is 11.8 Å². The number of aldehydes is 1. The number of rotatable bonds is 8. The number of likely N-dealkylation sites (tertiary alicyclic amines) is 1. The Morgan fingerprint density at radius 3 is 2.68 bits per heavy atom. The summed E-state index contributed by atoms with van der Waals surface area (Å²) in [5.74, 6) is 0.420. The largest absolute Gasteiger partial charge is 0.397 e. The van der Waals surface area contributed by atoms with E-state index in [1.54, 1.807) is 24.4 Å². The Hall–Kier alpha value is -4.04. The van der Waals surface area contributed by atoms with E-state index in [4.69, 9.17) is 5.73 Å². The lowest BCUT2D eigenvalue weighted by Crippen LogP contribution is -2.38. The maximum atomic E-state index is 12.3. The molecule has 1 aliphatic heterocycles. The van der Waals surface area contributed by atoms with Crippen molar-refractivity contribution in [2.24, 2.45) is 5.41 Å². The summed E-state index contributed by atoms with van der Waals surface area (Å²) >= 11 is 0. The average Bonchev–Trinajstić information content (AvgIpc) is 3.20. The van der Waals surface area contributed by atoms with Gasteiger partial charge in [-0.2, -0.15) is 5.10 Å². The van der Waals surface area contributed by atoms with E-state index in [0.717, 1.165) is 24.0 Å². The van der Waals surface area contributed by atoms with Crippen LogP contribution in [-0.2, 0) is 9.59 Å². The molecule has 1 aromatic heterocycles. The number of nitrogen functional groups attached to an aromatic ring is 1. The molecule has 3 aromatic rings. The molecular weight excluding hydrogens is 428 g/mol. The highest BCUT2D eigenvalue weighted by molar-refractivity contribution is 6.03. The SMILES string of the molecule is CN1CC(c2ccc(C=CC(=O)Nc3ccccc3N)cc2)C(C=O)(CNc2cccnn2)C1. The van der Waals surface area contributed by atoms with E-state index >= 15 is 0 Å². The van der Waals surface area contributed by atoms with Crippen LogP contribution in [0, 0.1) is 5.41 Å². The number of anilines is 3. The Morgan fingerprint density at radius 2 is 1.97 bits per heavy atom. The first kappa shape index (κ1) is 23.1. The molecule has 0 aliphatic carbocycles. The van der Waals surface area contributed by atoms with Crippen molar-refractivity contribution in [2.75, 3.05) is 43.0 Å². The van der Waals surface area contributed by atoms with Crippen LogP contribution in [0.15, 0.2) is 72.9 Å². The minimum atomic E-state index is -0.584. The molecule has 8 nitrogen and oxygen atoms in total. The van der Waals surface area contributed by atoms with Crippen LogP contribution >= 0.6 is 0 Å². The first-order valence-electron chi connectivity index (χ1n) is 11.1. The number of nitrogens with zero attached hydrogens (tertiary/aromatic N) is 3. The molecule has 34 heavy (non-hydrogen) atoms. The molecule has 2 aromatic carbocycles. The molecule has 1 fully saturated rings. The molecule has 174 valence electrons. The maximum Gasteiger partial charge on any atom is 0.248 e. The summed E-state index contributed by atoms with van der Waals surface area (Å²) in [6, 6.07) is 18.7. The lowest BCUT2D eigenvalue weighted by atomic mass is 9.75. The molecule has 0 saturated carbocycles. The second-order valence-electron chi connectivity index (χ2n) is 8.64. The summed E-state index contributed by atoms with van der Waals surface area (Å²) in [5, 5.41) is 14.0. The van der Waals surface area contributed by atoms with Crippen molar-refractivity contribution in [1.82, 2.24) is 15.1 Å². The lowest BCUT2D eigenvalue weighted by molar-refractivity contribution is -0.115. The monoisotopic (exact) mass is 456 g/mol. The van der Waals surface area contributed by atoms with Crippen LogP contribution in [0.3, 0.4) is 0 Å². The van der Waals surface area contributed by atoms with Crippen LogP contribution in [0.2, 0.25) is 0 Å². The molecule has 1 amide bonds. The first-order valence-corrected chi connectivity index (χ1v) is 11.1. The summed E-state index contributed by atoms with van der Waals surface area (Å²) in [5.41, 5.74) is 8.35. The molecule has 4 N–H and O–H groups in total. The van der Waals surface area contributed by atoms with Gasteiger partial charge in [0.2, 0.25) is 5.91 Å². The molecule has 0 bridgehead atoms. The van der Waals surface area contributed by atoms with Crippen molar-refractivity contribution in [3.05, 3.63) is 84.1 Å². The number of para-hydroxylation sites is 2. The summed E-state index contributed by atoms with van der Waals surface area (Å²) in [4.78, 5) is 26.8. The molecular formula is C26H28N6O2. The number of benzene rings is 2. The predicted molar refractivity (Wildman–Crippen MR) is 134 cm³/mol. The molecule has 2 heterocycles. The van der Waals surface area contributed by atoms with Crippen LogP contribution in [0.4, 0.5) is 17.2 Å². The van der Waals surface area contributed by atoms with Crippen LogP contribution in [0.1, 0.15) is 17.0 Å². The number of nitrogens with one attached hydrogen (secondary N) is 2. The minimum absolute atomic E-state index is 0.0292. The molecule has 2 unspecified atom stereocenters. The second kappa shape index (κ2) is 10.3. The summed E-state index contributed by atoms with van der Waals surface area (Å²) in [6.07, 6.45) is 5.91. The molecule has 2 atom stereocenters. The maximum absolute atomic E-state index is 12.3. The van der Waals surface area contributed by atoms with Gasteiger partial charge in [-0.3, -0.25) is 4.79 Å². The van der Waals surface area contributed by atoms with Gasteiger partial charge in [0.05, 0.1) is 16.8 Å². The first-order chi connectivity index (χ1) is 16.5. The topological polar surface area (TPSA) is 113 Å². The molecule has 8 heteroatoms. The van der Waals surface area contributed by atoms with E-state index in [9.17, 15) is 9.59 Å². The number of hydrogen-bond acceptors (Lipinski definition) is 7. The van der Waals surface area contributed by atoms with Gasteiger partial charge in [0.25, 0.3) is 0 Å². The van der Waals surface area contributed by atoms with Gasteiger partial charge in [-0.25, -0.2) is 0 Å². The minimum Gasteiger partial charge on any atom is -0.397 e. The van der Waals surface area contributed by atoms with E-state index in [0.29, 0.717) is 30.3 Å². The fourth-order valence-electron chi connectivity index (χ4n) is 4.40.